The second-order valence-corrected chi connectivity index (χ2v) is 4.27. The molecule has 1 heteroatoms. The normalized spacial score (nSPS) is 11.1. The molecular weight excluding hydrogens is 194 g/mol. The Kier molecular flexibility index (Phi) is 1.93. The molecule has 0 amide bonds. The van der Waals surface area contributed by atoms with Crippen LogP contribution < -0.4 is 0 Å². The predicted molar refractivity (Wildman–Crippen MR) is 68.7 cm³/mol. The molecule has 0 spiro atoms. The van der Waals surface area contributed by atoms with E-state index in [1.807, 2.05) is 6.07 Å². The van der Waals surface area contributed by atoms with Gasteiger partial charge in [-0.1, -0.05) is 30.3 Å². The lowest BCUT2D eigenvalue weighted by Crippen LogP contribution is -1.87. The highest BCUT2D eigenvalue weighted by atomic mass is 14.7. The Bertz CT molecular complexity index is 683. The molecular formula is C15H13N. The second-order valence-electron chi connectivity index (χ2n) is 4.27. The third kappa shape index (κ3) is 1.28. The molecule has 0 aliphatic carbocycles. The smallest absolute Gasteiger partial charge is 0.0715 e. The number of aryl methyl sites for hydroxylation is 2. The standard InChI is InChI=1S/C15H13N/c1-10-7-8-13-11(2)12-5-3-4-6-14(12)16-15(13)9-10/h3-9H,1-2H3. The molecule has 2 aromatic carbocycles. The summed E-state index contributed by atoms with van der Waals surface area (Å²) in [6.07, 6.45) is 0. The zero-order valence-corrected chi connectivity index (χ0v) is 9.49. The van der Waals surface area contributed by atoms with Gasteiger partial charge in [0.15, 0.2) is 0 Å². The van der Waals surface area contributed by atoms with Crippen molar-refractivity contribution in [1.82, 2.24) is 4.98 Å². The largest absolute Gasteiger partial charge is 0.248 e. The summed E-state index contributed by atoms with van der Waals surface area (Å²) < 4.78 is 0. The minimum absolute atomic E-state index is 1.08. The maximum atomic E-state index is 4.70. The molecule has 1 aromatic heterocycles. The quantitative estimate of drug-likeness (QED) is 0.508. The van der Waals surface area contributed by atoms with Gasteiger partial charge in [-0.05, 0) is 37.1 Å². The van der Waals surface area contributed by atoms with Crippen LogP contribution in [-0.2, 0) is 0 Å². The monoisotopic (exact) mass is 207 g/mol. The Morgan fingerprint density at radius 3 is 2.44 bits per heavy atom. The summed E-state index contributed by atoms with van der Waals surface area (Å²) in [7, 11) is 0. The van der Waals surface area contributed by atoms with Gasteiger partial charge >= 0.3 is 0 Å². The molecule has 0 atom stereocenters. The molecule has 0 aliphatic rings. The van der Waals surface area contributed by atoms with E-state index in [0.717, 1.165) is 11.0 Å². The van der Waals surface area contributed by atoms with Gasteiger partial charge < -0.3 is 0 Å². The van der Waals surface area contributed by atoms with Crippen LogP contribution in [0, 0.1) is 13.8 Å². The first-order valence-corrected chi connectivity index (χ1v) is 5.51. The average Bonchev–Trinajstić information content (AvgIpc) is 2.29. The topological polar surface area (TPSA) is 12.9 Å². The molecule has 3 aromatic rings. The van der Waals surface area contributed by atoms with E-state index in [9.17, 15) is 0 Å². The summed E-state index contributed by atoms with van der Waals surface area (Å²) >= 11 is 0. The zero-order valence-electron chi connectivity index (χ0n) is 9.49. The van der Waals surface area contributed by atoms with Crippen molar-refractivity contribution in [1.29, 1.82) is 0 Å². The van der Waals surface area contributed by atoms with Gasteiger partial charge in [-0.3, -0.25) is 0 Å². The van der Waals surface area contributed by atoms with Crippen molar-refractivity contribution < 1.29 is 0 Å². The Hall–Kier alpha value is -1.89. The van der Waals surface area contributed by atoms with Gasteiger partial charge in [0.05, 0.1) is 11.0 Å². The van der Waals surface area contributed by atoms with Crippen LogP contribution in [0.15, 0.2) is 42.5 Å². The van der Waals surface area contributed by atoms with E-state index in [0.29, 0.717) is 0 Å². The Morgan fingerprint density at radius 1 is 0.812 bits per heavy atom. The fraction of sp³-hybridized carbons (Fsp3) is 0.133. The van der Waals surface area contributed by atoms with Gasteiger partial charge in [-0.15, -0.1) is 0 Å². The first kappa shape index (κ1) is 9.34. The van der Waals surface area contributed by atoms with E-state index >= 15 is 0 Å². The Morgan fingerprint density at radius 2 is 1.56 bits per heavy atom. The van der Waals surface area contributed by atoms with Crippen LogP contribution in [0.3, 0.4) is 0 Å². The number of hydrogen-bond acceptors (Lipinski definition) is 1. The lowest BCUT2D eigenvalue weighted by Gasteiger charge is -2.07. The summed E-state index contributed by atoms with van der Waals surface area (Å²) in [5, 5.41) is 2.50. The highest BCUT2D eigenvalue weighted by molar-refractivity contribution is 5.97. The van der Waals surface area contributed by atoms with Crippen molar-refractivity contribution in [3.8, 4) is 0 Å². The molecule has 0 saturated carbocycles. The number of nitrogens with zero attached hydrogens (tertiary/aromatic N) is 1. The molecule has 0 bridgehead atoms. The van der Waals surface area contributed by atoms with E-state index in [1.54, 1.807) is 0 Å². The summed E-state index contributed by atoms with van der Waals surface area (Å²) in [6, 6.07) is 14.8. The van der Waals surface area contributed by atoms with Gasteiger partial charge in [-0.2, -0.15) is 0 Å². The Balaban J connectivity index is 2.55. The van der Waals surface area contributed by atoms with Crippen LogP contribution in [0.5, 0.6) is 0 Å². The van der Waals surface area contributed by atoms with Crippen LogP contribution in [-0.4, -0.2) is 4.98 Å². The van der Waals surface area contributed by atoms with E-state index in [1.165, 1.54) is 21.9 Å². The van der Waals surface area contributed by atoms with Crippen molar-refractivity contribution in [3.05, 3.63) is 53.6 Å². The molecule has 16 heavy (non-hydrogen) atoms. The number of fused-ring (bicyclic) bond motifs is 2. The van der Waals surface area contributed by atoms with E-state index in [4.69, 9.17) is 4.98 Å². The van der Waals surface area contributed by atoms with Crippen molar-refractivity contribution >= 4 is 21.8 Å². The first-order valence-electron chi connectivity index (χ1n) is 5.51. The number of hydrogen-bond donors (Lipinski definition) is 0. The number of aromatic nitrogens is 1. The minimum Gasteiger partial charge on any atom is -0.248 e. The molecule has 0 saturated heterocycles. The summed E-state index contributed by atoms with van der Waals surface area (Å²) in [6.45, 7) is 4.27. The molecule has 0 aliphatic heterocycles. The molecule has 78 valence electrons. The van der Waals surface area contributed by atoms with E-state index in [-0.39, 0.29) is 0 Å². The van der Waals surface area contributed by atoms with Crippen molar-refractivity contribution in [2.45, 2.75) is 13.8 Å². The van der Waals surface area contributed by atoms with Crippen LogP contribution in [0.4, 0.5) is 0 Å². The highest BCUT2D eigenvalue weighted by Crippen LogP contribution is 2.25. The maximum absolute atomic E-state index is 4.70. The van der Waals surface area contributed by atoms with Crippen LogP contribution in [0.1, 0.15) is 11.1 Å². The summed E-state index contributed by atoms with van der Waals surface area (Å²) in [4.78, 5) is 4.70. The maximum Gasteiger partial charge on any atom is 0.0715 e. The highest BCUT2D eigenvalue weighted by Gasteiger charge is 2.04. The number of rotatable bonds is 0. The van der Waals surface area contributed by atoms with Crippen LogP contribution in [0.2, 0.25) is 0 Å². The minimum atomic E-state index is 1.08. The first-order chi connectivity index (χ1) is 7.75. The van der Waals surface area contributed by atoms with E-state index < -0.39 is 0 Å². The molecule has 0 unspecified atom stereocenters. The molecule has 0 N–H and O–H groups in total. The van der Waals surface area contributed by atoms with Gasteiger partial charge in [0, 0.05) is 10.8 Å². The SMILES string of the molecule is Cc1ccc2c(C)c3ccccc3nc2c1. The van der Waals surface area contributed by atoms with Crippen LogP contribution in [0.25, 0.3) is 21.8 Å². The van der Waals surface area contributed by atoms with E-state index in [2.05, 4.69) is 50.2 Å². The lowest BCUT2D eigenvalue weighted by molar-refractivity contribution is 1.42. The molecule has 3 rings (SSSR count). The van der Waals surface area contributed by atoms with Crippen molar-refractivity contribution in [3.63, 3.8) is 0 Å². The fourth-order valence-electron chi connectivity index (χ4n) is 2.21. The van der Waals surface area contributed by atoms with Gasteiger partial charge in [0.2, 0.25) is 0 Å². The molecule has 0 fully saturated rings. The average molecular weight is 207 g/mol. The summed E-state index contributed by atoms with van der Waals surface area (Å²) in [5.74, 6) is 0. The van der Waals surface area contributed by atoms with Gasteiger partial charge in [0.1, 0.15) is 0 Å². The number of para-hydroxylation sites is 1. The molecule has 0 radical (unpaired) electrons. The number of pyridine rings is 1. The molecule has 1 nitrogen and oxygen atoms in total. The second kappa shape index (κ2) is 3.31. The fourth-order valence-corrected chi connectivity index (χ4v) is 2.21. The Labute approximate surface area is 94.7 Å². The lowest BCUT2D eigenvalue weighted by atomic mass is 10.0. The molecule has 1 heterocycles. The zero-order chi connectivity index (χ0) is 11.1. The van der Waals surface area contributed by atoms with Gasteiger partial charge in [0.25, 0.3) is 0 Å². The van der Waals surface area contributed by atoms with Crippen molar-refractivity contribution in [2.75, 3.05) is 0 Å². The third-order valence-corrected chi connectivity index (χ3v) is 3.11. The third-order valence-electron chi connectivity index (χ3n) is 3.11. The van der Waals surface area contributed by atoms with Gasteiger partial charge in [-0.25, -0.2) is 4.98 Å². The predicted octanol–water partition coefficient (Wildman–Crippen LogP) is 4.00. The van der Waals surface area contributed by atoms with Crippen LogP contribution >= 0.6 is 0 Å². The number of benzene rings is 2. The summed E-state index contributed by atoms with van der Waals surface area (Å²) in [5.41, 5.74) is 4.75. The van der Waals surface area contributed by atoms with Crippen molar-refractivity contribution in [2.24, 2.45) is 0 Å².